The molecule has 2 aliphatic rings. The minimum absolute atomic E-state index is 0.0959. The van der Waals surface area contributed by atoms with Gasteiger partial charge in [0.15, 0.2) is 5.41 Å². The molecule has 4 amide bonds. The highest BCUT2D eigenvalue weighted by atomic mass is 16.6. The molecule has 0 bridgehead atoms. The third-order valence-electron chi connectivity index (χ3n) is 6.71. The van der Waals surface area contributed by atoms with Crippen LogP contribution in [0.3, 0.4) is 0 Å². The fourth-order valence-electron chi connectivity index (χ4n) is 5.22. The molecule has 0 saturated carbocycles. The van der Waals surface area contributed by atoms with Crippen molar-refractivity contribution >= 4 is 34.9 Å². The van der Waals surface area contributed by atoms with Crippen LogP contribution in [0.1, 0.15) is 24.1 Å². The number of fused-ring (bicyclic) bond motifs is 1. The summed E-state index contributed by atoms with van der Waals surface area (Å²) in [6, 6.07) is 20.5. The van der Waals surface area contributed by atoms with E-state index in [9.17, 15) is 24.5 Å². The topological polar surface area (TPSA) is 113 Å². The molecule has 3 aromatic carbocycles. The predicted octanol–water partition coefficient (Wildman–Crippen LogP) is 3.99. The second-order valence-electron chi connectivity index (χ2n) is 8.55. The van der Waals surface area contributed by atoms with E-state index < -0.39 is 34.2 Å². The standard InChI is InChI=1S/C26H22N4O5/c1-2-28-21-14-13-20(30(34)35)15-18(21)16-26(22(28)17-9-5-3-6-10-17)23(31)27-25(33)29(24(26)32)19-11-7-4-8-12-19/h3-15,22H,2,16H2,1H3,(H,27,31,33). The predicted molar refractivity (Wildman–Crippen MR) is 129 cm³/mol. The number of carbonyl (C=O) groups excluding carboxylic acids is 3. The summed E-state index contributed by atoms with van der Waals surface area (Å²) in [6.45, 7) is 2.32. The molecule has 1 spiro atoms. The molecule has 0 radical (unpaired) electrons. The SMILES string of the molecule is CCN1c2ccc([N+](=O)[O-])cc2CC2(C(=O)NC(=O)N(c3ccccc3)C2=O)C1c1ccccc1. The Labute approximate surface area is 201 Å². The van der Waals surface area contributed by atoms with E-state index >= 15 is 0 Å². The summed E-state index contributed by atoms with van der Waals surface area (Å²) in [5, 5.41) is 13.9. The van der Waals surface area contributed by atoms with E-state index in [2.05, 4.69) is 5.32 Å². The molecule has 2 atom stereocenters. The number of urea groups is 1. The number of para-hydroxylation sites is 1. The van der Waals surface area contributed by atoms with Crippen LogP contribution in [0.4, 0.5) is 21.9 Å². The van der Waals surface area contributed by atoms with Gasteiger partial charge in [0.2, 0.25) is 5.91 Å². The van der Waals surface area contributed by atoms with Crippen LogP contribution in [0.2, 0.25) is 0 Å². The zero-order chi connectivity index (χ0) is 24.7. The summed E-state index contributed by atoms with van der Waals surface area (Å²) < 4.78 is 0. The number of barbiturate groups is 1. The molecule has 5 rings (SSSR count). The van der Waals surface area contributed by atoms with Crippen LogP contribution in [-0.4, -0.2) is 29.3 Å². The number of rotatable bonds is 4. The van der Waals surface area contributed by atoms with Crippen molar-refractivity contribution in [1.82, 2.24) is 5.32 Å². The largest absolute Gasteiger partial charge is 0.363 e. The molecule has 2 aliphatic heterocycles. The van der Waals surface area contributed by atoms with Crippen molar-refractivity contribution in [2.45, 2.75) is 19.4 Å². The third-order valence-corrected chi connectivity index (χ3v) is 6.71. The normalized spacial score (nSPS) is 21.6. The van der Waals surface area contributed by atoms with Crippen LogP contribution in [0.15, 0.2) is 78.9 Å². The Balaban J connectivity index is 1.77. The first kappa shape index (κ1) is 22.3. The van der Waals surface area contributed by atoms with E-state index in [1.54, 1.807) is 36.4 Å². The monoisotopic (exact) mass is 470 g/mol. The maximum absolute atomic E-state index is 14.3. The van der Waals surface area contributed by atoms with Crippen LogP contribution < -0.4 is 15.1 Å². The van der Waals surface area contributed by atoms with Crippen molar-refractivity contribution in [2.24, 2.45) is 5.41 Å². The smallest absolute Gasteiger partial charge is 0.335 e. The summed E-state index contributed by atoms with van der Waals surface area (Å²) in [5.41, 5.74) is 0.405. The molecular formula is C26H22N4O5. The number of nitrogens with zero attached hydrogens (tertiary/aromatic N) is 3. The fraction of sp³-hybridized carbons (Fsp3) is 0.192. The van der Waals surface area contributed by atoms with Gasteiger partial charge >= 0.3 is 6.03 Å². The lowest BCUT2D eigenvalue weighted by Gasteiger charge is -2.51. The second-order valence-corrected chi connectivity index (χ2v) is 8.55. The number of non-ortho nitro benzene ring substituents is 1. The maximum atomic E-state index is 14.3. The van der Waals surface area contributed by atoms with Gasteiger partial charge in [0.25, 0.3) is 11.6 Å². The van der Waals surface area contributed by atoms with Crippen molar-refractivity contribution in [2.75, 3.05) is 16.3 Å². The maximum Gasteiger partial charge on any atom is 0.335 e. The number of hydrogen-bond acceptors (Lipinski definition) is 6. The number of amides is 4. The molecule has 35 heavy (non-hydrogen) atoms. The Kier molecular flexibility index (Phi) is 5.32. The van der Waals surface area contributed by atoms with Gasteiger partial charge in [-0.05, 0) is 36.2 Å². The summed E-state index contributed by atoms with van der Waals surface area (Å²) in [6.07, 6.45) is -0.0959. The number of nitrogens with one attached hydrogen (secondary N) is 1. The number of imide groups is 2. The van der Waals surface area contributed by atoms with Gasteiger partial charge in [0.05, 0.1) is 16.7 Å². The van der Waals surface area contributed by atoms with E-state index in [1.807, 2.05) is 42.2 Å². The number of nitro groups is 1. The third kappa shape index (κ3) is 3.35. The van der Waals surface area contributed by atoms with Crippen LogP contribution in [0.5, 0.6) is 0 Å². The van der Waals surface area contributed by atoms with Gasteiger partial charge in [-0.1, -0.05) is 48.5 Å². The molecule has 3 aromatic rings. The van der Waals surface area contributed by atoms with E-state index in [-0.39, 0.29) is 12.1 Å². The first-order valence-electron chi connectivity index (χ1n) is 11.2. The van der Waals surface area contributed by atoms with Crippen molar-refractivity contribution < 1.29 is 19.3 Å². The van der Waals surface area contributed by atoms with Gasteiger partial charge in [-0.15, -0.1) is 0 Å². The number of hydrogen-bond donors (Lipinski definition) is 1. The molecule has 0 aromatic heterocycles. The van der Waals surface area contributed by atoms with Crippen LogP contribution in [-0.2, 0) is 16.0 Å². The van der Waals surface area contributed by atoms with Crippen molar-refractivity contribution in [3.05, 3.63) is 100 Å². The molecular weight excluding hydrogens is 448 g/mol. The average molecular weight is 470 g/mol. The van der Waals surface area contributed by atoms with E-state index in [1.165, 1.54) is 12.1 Å². The molecule has 1 N–H and O–H groups in total. The zero-order valence-electron chi connectivity index (χ0n) is 18.9. The fourth-order valence-corrected chi connectivity index (χ4v) is 5.22. The lowest BCUT2D eigenvalue weighted by molar-refractivity contribution is -0.384. The Morgan fingerprint density at radius 3 is 2.29 bits per heavy atom. The Morgan fingerprint density at radius 1 is 1.00 bits per heavy atom. The van der Waals surface area contributed by atoms with Gasteiger partial charge in [-0.25, -0.2) is 9.69 Å². The van der Waals surface area contributed by atoms with Crippen LogP contribution >= 0.6 is 0 Å². The minimum atomic E-state index is -1.73. The molecule has 9 nitrogen and oxygen atoms in total. The first-order chi connectivity index (χ1) is 16.9. The summed E-state index contributed by atoms with van der Waals surface area (Å²) >= 11 is 0. The van der Waals surface area contributed by atoms with E-state index in [4.69, 9.17) is 0 Å². The van der Waals surface area contributed by atoms with Crippen molar-refractivity contribution in [1.29, 1.82) is 0 Å². The highest BCUT2D eigenvalue weighted by Gasteiger charge is 2.62. The minimum Gasteiger partial charge on any atom is -0.363 e. The van der Waals surface area contributed by atoms with Gasteiger partial charge < -0.3 is 4.90 Å². The second kappa shape index (κ2) is 8.35. The van der Waals surface area contributed by atoms with Crippen molar-refractivity contribution in [3.8, 4) is 0 Å². The van der Waals surface area contributed by atoms with Gasteiger partial charge in [-0.3, -0.25) is 25.0 Å². The van der Waals surface area contributed by atoms with Crippen LogP contribution in [0.25, 0.3) is 0 Å². The highest BCUT2D eigenvalue weighted by molar-refractivity contribution is 6.30. The molecule has 0 aliphatic carbocycles. The Bertz CT molecular complexity index is 1340. The van der Waals surface area contributed by atoms with Gasteiger partial charge in [0.1, 0.15) is 0 Å². The van der Waals surface area contributed by atoms with Gasteiger partial charge in [0, 0.05) is 30.8 Å². The highest BCUT2D eigenvalue weighted by Crippen LogP contribution is 2.52. The van der Waals surface area contributed by atoms with Crippen LogP contribution in [0, 0.1) is 15.5 Å². The Morgan fingerprint density at radius 2 is 1.66 bits per heavy atom. The van der Waals surface area contributed by atoms with Crippen molar-refractivity contribution in [3.63, 3.8) is 0 Å². The summed E-state index contributed by atoms with van der Waals surface area (Å²) in [5.74, 6) is -1.38. The van der Waals surface area contributed by atoms with E-state index in [0.29, 0.717) is 23.5 Å². The van der Waals surface area contributed by atoms with E-state index in [0.717, 1.165) is 10.5 Å². The number of benzene rings is 3. The number of nitro benzene ring substituents is 1. The molecule has 2 unspecified atom stereocenters. The quantitative estimate of drug-likeness (QED) is 0.351. The average Bonchev–Trinajstić information content (AvgIpc) is 2.87. The lowest BCUT2D eigenvalue weighted by Crippen LogP contribution is -2.69. The first-order valence-corrected chi connectivity index (χ1v) is 11.2. The molecule has 176 valence electrons. The van der Waals surface area contributed by atoms with Gasteiger partial charge in [-0.2, -0.15) is 0 Å². The number of carbonyl (C=O) groups is 3. The Hall–Kier alpha value is -4.53. The molecule has 1 saturated heterocycles. The summed E-state index contributed by atoms with van der Waals surface area (Å²) in [7, 11) is 0. The lowest BCUT2D eigenvalue weighted by atomic mass is 9.66. The summed E-state index contributed by atoms with van der Waals surface area (Å²) in [4.78, 5) is 54.8. The molecule has 1 fully saturated rings. The zero-order valence-corrected chi connectivity index (χ0v) is 18.9. The molecule has 2 heterocycles. The number of anilines is 2. The molecule has 9 heteroatoms.